The number of hydrogen-bond donors (Lipinski definition) is 2. The molecule has 0 fully saturated rings. The van der Waals surface area contributed by atoms with Crippen LogP contribution < -0.4 is 4.74 Å². The number of nitriles is 1. The monoisotopic (exact) mass is 194 g/mol. The minimum atomic E-state index is -0.955. The summed E-state index contributed by atoms with van der Waals surface area (Å²) in [6.07, 6.45) is 0.533. The van der Waals surface area contributed by atoms with Crippen molar-refractivity contribution in [3.05, 3.63) is 23.9 Å². The van der Waals surface area contributed by atoms with Crippen LogP contribution in [0.1, 0.15) is 5.56 Å². The molecule has 1 unspecified atom stereocenters. The summed E-state index contributed by atoms with van der Waals surface area (Å²) < 4.78 is 5.04. The Morgan fingerprint density at radius 2 is 2.43 bits per heavy atom. The Morgan fingerprint density at radius 3 is 3.07 bits per heavy atom. The molecule has 0 amide bonds. The van der Waals surface area contributed by atoms with Crippen molar-refractivity contribution in [2.24, 2.45) is 0 Å². The molecule has 0 aliphatic heterocycles. The van der Waals surface area contributed by atoms with Gasteiger partial charge >= 0.3 is 0 Å². The van der Waals surface area contributed by atoms with E-state index >= 15 is 0 Å². The van der Waals surface area contributed by atoms with Crippen LogP contribution in [0, 0.1) is 11.3 Å². The van der Waals surface area contributed by atoms with E-state index in [9.17, 15) is 0 Å². The van der Waals surface area contributed by atoms with Crippen molar-refractivity contribution in [3.63, 3.8) is 0 Å². The standard InChI is InChI=1S/C9H10N2O3/c10-4-7-2-1-3-11-9(7)14-6-8(13)5-12/h1-3,8,12-13H,5-6H2. The summed E-state index contributed by atoms with van der Waals surface area (Å²) in [6.45, 7) is -0.461. The van der Waals surface area contributed by atoms with Gasteiger partial charge in [-0.3, -0.25) is 0 Å². The van der Waals surface area contributed by atoms with E-state index in [1.807, 2.05) is 6.07 Å². The molecule has 1 rings (SSSR count). The predicted molar refractivity (Wildman–Crippen MR) is 47.5 cm³/mol. The lowest BCUT2D eigenvalue weighted by molar-refractivity contribution is 0.0520. The first-order chi connectivity index (χ1) is 6.77. The van der Waals surface area contributed by atoms with Crippen molar-refractivity contribution < 1.29 is 14.9 Å². The fraction of sp³-hybridized carbons (Fsp3) is 0.333. The van der Waals surface area contributed by atoms with E-state index in [0.29, 0.717) is 5.56 Å². The van der Waals surface area contributed by atoms with Gasteiger partial charge in [-0.15, -0.1) is 0 Å². The molecule has 0 saturated carbocycles. The molecule has 0 aromatic carbocycles. The first kappa shape index (κ1) is 10.4. The molecule has 1 heterocycles. The van der Waals surface area contributed by atoms with Gasteiger partial charge in [-0.05, 0) is 12.1 Å². The normalized spacial score (nSPS) is 11.8. The summed E-state index contributed by atoms with van der Waals surface area (Å²) in [5.41, 5.74) is 0.303. The van der Waals surface area contributed by atoms with E-state index in [0.717, 1.165) is 0 Å². The van der Waals surface area contributed by atoms with Crippen molar-refractivity contribution in [1.29, 1.82) is 5.26 Å². The number of nitrogens with zero attached hydrogens (tertiary/aromatic N) is 2. The lowest BCUT2D eigenvalue weighted by atomic mass is 10.3. The summed E-state index contributed by atoms with van der Waals surface area (Å²) in [5.74, 6) is 0.169. The van der Waals surface area contributed by atoms with Crippen LogP contribution in [0.4, 0.5) is 0 Å². The third-order valence-corrected chi connectivity index (χ3v) is 1.51. The van der Waals surface area contributed by atoms with Gasteiger partial charge in [-0.1, -0.05) is 0 Å². The molecule has 5 heteroatoms. The second kappa shape index (κ2) is 5.17. The lowest BCUT2D eigenvalue weighted by Crippen LogP contribution is -2.21. The molecule has 0 spiro atoms. The predicted octanol–water partition coefficient (Wildman–Crippen LogP) is -0.315. The summed E-state index contributed by atoms with van der Waals surface area (Å²) in [6, 6.07) is 5.09. The summed E-state index contributed by atoms with van der Waals surface area (Å²) in [7, 11) is 0. The summed E-state index contributed by atoms with van der Waals surface area (Å²) in [5, 5.41) is 26.2. The van der Waals surface area contributed by atoms with Gasteiger partial charge in [0, 0.05) is 6.20 Å². The molecule has 5 nitrogen and oxygen atoms in total. The number of ether oxygens (including phenoxy) is 1. The van der Waals surface area contributed by atoms with Crippen LogP contribution in [0.15, 0.2) is 18.3 Å². The topological polar surface area (TPSA) is 86.4 Å². The second-order valence-electron chi connectivity index (χ2n) is 2.62. The molecule has 14 heavy (non-hydrogen) atoms. The highest BCUT2D eigenvalue weighted by molar-refractivity contribution is 5.36. The summed E-state index contributed by atoms with van der Waals surface area (Å²) in [4.78, 5) is 3.82. The Balaban J connectivity index is 2.63. The van der Waals surface area contributed by atoms with Crippen LogP contribution in [0.3, 0.4) is 0 Å². The van der Waals surface area contributed by atoms with Gasteiger partial charge in [0.15, 0.2) is 0 Å². The highest BCUT2D eigenvalue weighted by atomic mass is 16.5. The van der Waals surface area contributed by atoms with Crippen LogP contribution in [0.5, 0.6) is 5.88 Å². The lowest BCUT2D eigenvalue weighted by Gasteiger charge is -2.09. The first-order valence-corrected chi connectivity index (χ1v) is 4.04. The molecule has 1 atom stereocenters. The van der Waals surface area contributed by atoms with Gasteiger partial charge in [-0.2, -0.15) is 5.26 Å². The van der Waals surface area contributed by atoms with E-state index in [-0.39, 0.29) is 19.1 Å². The number of aliphatic hydroxyl groups excluding tert-OH is 2. The van der Waals surface area contributed by atoms with Gasteiger partial charge in [0.1, 0.15) is 24.3 Å². The Bertz CT molecular complexity index is 335. The van der Waals surface area contributed by atoms with Crippen molar-refractivity contribution in [2.45, 2.75) is 6.10 Å². The summed E-state index contributed by atoms with van der Waals surface area (Å²) >= 11 is 0. The Labute approximate surface area is 81.2 Å². The van der Waals surface area contributed by atoms with E-state index in [4.69, 9.17) is 20.2 Å². The van der Waals surface area contributed by atoms with Crippen molar-refractivity contribution >= 4 is 0 Å². The zero-order valence-electron chi connectivity index (χ0n) is 7.42. The molecule has 0 aliphatic rings. The third kappa shape index (κ3) is 2.69. The number of aromatic nitrogens is 1. The maximum absolute atomic E-state index is 9.00. The number of hydrogen-bond acceptors (Lipinski definition) is 5. The van der Waals surface area contributed by atoms with Crippen molar-refractivity contribution in [3.8, 4) is 11.9 Å². The van der Waals surface area contributed by atoms with Gasteiger partial charge in [-0.25, -0.2) is 4.98 Å². The van der Waals surface area contributed by atoms with Crippen LogP contribution in [-0.4, -0.2) is 34.5 Å². The molecular formula is C9H10N2O3. The Hall–Kier alpha value is -1.64. The minimum Gasteiger partial charge on any atom is -0.474 e. The van der Waals surface area contributed by atoms with Crippen LogP contribution >= 0.6 is 0 Å². The quantitative estimate of drug-likeness (QED) is 0.686. The fourth-order valence-electron chi connectivity index (χ4n) is 0.819. The van der Waals surface area contributed by atoms with Crippen LogP contribution in [0.25, 0.3) is 0 Å². The Kier molecular flexibility index (Phi) is 3.85. The SMILES string of the molecule is N#Cc1cccnc1OCC(O)CO. The Morgan fingerprint density at radius 1 is 1.64 bits per heavy atom. The number of pyridine rings is 1. The molecule has 0 radical (unpaired) electrons. The highest BCUT2D eigenvalue weighted by Gasteiger charge is 2.07. The molecular weight excluding hydrogens is 184 g/mol. The van der Waals surface area contributed by atoms with Gasteiger partial charge in [0.2, 0.25) is 5.88 Å². The number of rotatable bonds is 4. The first-order valence-electron chi connectivity index (χ1n) is 4.04. The van der Waals surface area contributed by atoms with Gasteiger partial charge in [0.05, 0.1) is 6.61 Å². The van der Waals surface area contributed by atoms with E-state index in [2.05, 4.69) is 4.98 Å². The smallest absolute Gasteiger partial charge is 0.231 e. The average Bonchev–Trinajstić information content (AvgIpc) is 2.26. The zero-order chi connectivity index (χ0) is 10.4. The highest BCUT2D eigenvalue weighted by Crippen LogP contribution is 2.12. The van der Waals surface area contributed by atoms with E-state index in [1.54, 1.807) is 12.1 Å². The molecule has 0 aliphatic carbocycles. The zero-order valence-corrected chi connectivity index (χ0v) is 7.42. The van der Waals surface area contributed by atoms with E-state index < -0.39 is 6.10 Å². The fourth-order valence-corrected chi connectivity index (χ4v) is 0.819. The van der Waals surface area contributed by atoms with Crippen molar-refractivity contribution in [2.75, 3.05) is 13.2 Å². The second-order valence-corrected chi connectivity index (χ2v) is 2.62. The molecule has 2 N–H and O–H groups in total. The third-order valence-electron chi connectivity index (χ3n) is 1.51. The van der Waals surface area contributed by atoms with E-state index in [1.165, 1.54) is 6.20 Å². The molecule has 1 aromatic heterocycles. The average molecular weight is 194 g/mol. The van der Waals surface area contributed by atoms with Crippen molar-refractivity contribution in [1.82, 2.24) is 4.98 Å². The van der Waals surface area contributed by atoms with Crippen LogP contribution in [0.2, 0.25) is 0 Å². The van der Waals surface area contributed by atoms with Gasteiger partial charge < -0.3 is 14.9 Å². The number of aliphatic hydroxyl groups is 2. The molecule has 1 aromatic rings. The van der Waals surface area contributed by atoms with Gasteiger partial charge in [0.25, 0.3) is 0 Å². The largest absolute Gasteiger partial charge is 0.474 e. The maximum atomic E-state index is 9.00. The molecule has 0 saturated heterocycles. The molecule has 0 bridgehead atoms. The minimum absolute atomic E-state index is 0.0812. The molecule has 74 valence electrons. The maximum Gasteiger partial charge on any atom is 0.231 e. The van der Waals surface area contributed by atoms with Crippen LogP contribution in [-0.2, 0) is 0 Å².